The molecule has 2 aromatic rings. The number of benzene rings is 1. The van der Waals surface area contributed by atoms with Gasteiger partial charge in [0.25, 0.3) is 11.8 Å². The maximum Gasteiger partial charge on any atom is 0.290 e. The van der Waals surface area contributed by atoms with Crippen LogP contribution in [0.2, 0.25) is 0 Å². The van der Waals surface area contributed by atoms with Crippen molar-refractivity contribution in [1.82, 2.24) is 4.90 Å². The van der Waals surface area contributed by atoms with E-state index in [1.165, 1.54) is 11.2 Å². The van der Waals surface area contributed by atoms with Crippen LogP contribution in [-0.2, 0) is 9.59 Å². The average Bonchev–Trinajstić information content (AvgIpc) is 3.23. The molecule has 2 fully saturated rings. The highest BCUT2D eigenvalue weighted by Crippen LogP contribution is 2.35. The Bertz CT molecular complexity index is 866. The van der Waals surface area contributed by atoms with E-state index in [1.807, 2.05) is 12.1 Å². The van der Waals surface area contributed by atoms with Gasteiger partial charge in [0, 0.05) is 6.04 Å². The van der Waals surface area contributed by atoms with Gasteiger partial charge >= 0.3 is 0 Å². The zero-order valence-corrected chi connectivity index (χ0v) is 15.4. The topological polar surface area (TPSA) is 70.8 Å². The average molecular weight is 366 g/mol. The molecule has 1 aliphatic heterocycles. The standard InChI is InChI=1S/C21H22N2O4/c1-13(2)14-5-7-16(8-6-14)23-19(24)12-17(20(23)25)22(15-9-10-15)21(26)18-4-3-11-27-18/h3-8,11,13,15,17H,9-10,12H2,1-2H3. The van der Waals surface area contributed by atoms with Gasteiger partial charge < -0.3 is 9.32 Å². The van der Waals surface area contributed by atoms with Gasteiger partial charge in [-0.15, -0.1) is 0 Å². The third-order valence-corrected chi connectivity index (χ3v) is 5.18. The van der Waals surface area contributed by atoms with Crippen LogP contribution in [0.4, 0.5) is 5.69 Å². The Morgan fingerprint density at radius 2 is 1.85 bits per heavy atom. The Morgan fingerprint density at radius 1 is 1.15 bits per heavy atom. The maximum absolute atomic E-state index is 13.1. The second kappa shape index (κ2) is 6.68. The van der Waals surface area contributed by atoms with Gasteiger partial charge in [0.2, 0.25) is 5.91 Å². The SMILES string of the molecule is CC(C)c1ccc(N2C(=O)CC(N(C(=O)c3ccco3)C3CC3)C2=O)cc1. The highest BCUT2D eigenvalue weighted by molar-refractivity contribution is 6.23. The Balaban J connectivity index is 1.60. The molecule has 6 nitrogen and oxygen atoms in total. The molecule has 0 bridgehead atoms. The van der Waals surface area contributed by atoms with E-state index in [-0.39, 0.29) is 35.9 Å². The van der Waals surface area contributed by atoms with Crippen molar-refractivity contribution >= 4 is 23.4 Å². The third kappa shape index (κ3) is 3.16. The zero-order chi connectivity index (χ0) is 19.1. The highest BCUT2D eigenvalue weighted by atomic mass is 16.3. The summed E-state index contributed by atoms with van der Waals surface area (Å²) < 4.78 is 5.22. The van der Waals surface area contributed by atoms with Gasteiger partial charge in [-0.2, -0.15) is 0 Å². The van der Waals surface area contributed by atoms with Gasteiger partial charge in [0.15, 0.2) is 5.76 Å². The summed E-state index contributed by atoms with van der Waals surface area (Å²) in [6, 6.07) is 9.90. The first kappa shape index (κ1) is 17.5. The first-order valence-corrected chi connectivity index (χ1v) is 9.30. The van der Waals surface area contributed by atoms with E-state index in [0.29, 0.717) is 11.6 Å². The summed E-state index contributed by atoms with van der Waals surface area (Å²) in [6.45, 7) is 4.18. The van der Waals surface area contributed by atoms with Crippen molar-refractivity contribution < 1.29 is 18.8 Å². The van der Waals surface area contributed by atoms with E-state index in [9.17, 15) is 14.4 Å². The minimum absolute atomic E-state index is 0.00684. The van der Waals surface area contributed by atoms with Gasteiger partial charge in [0.05, 0.1) is 18.4 Å². The fourth-order valence-corrected chi connectivity index (χ4v) is 3.55. The molecule has 1 atom stereocenters. The third-order valence-electron chi connectivity index (χ3n) is 5.18. The molecule has 4 rings (SSSR count). The lowest BCUT2D eigenvalue weighted by Crippen LogP contribution is -2.46. The van der Waals surface area contributed by atoms with Gasteiger partial charge in [-0.25, -0.2) is 4.90 Å². The predicted octanol–water partition coefficient (Wildman–Crippen LogP) is 3.34. The minimum atomic E-state index is -0.771. The molecule has 2 aliphatic rings. The molecule has 2 heterocycles. The molecular formula is C21H22N2O4. The van der Waals surface area contributed by atoms with Crippen LogP contribution in [0, 0.1) is 0 Å². The summed E-state index contributed by atoms with van der Waals surface area (Å²) in [7, 11) is 0. The first-order valence-electron chi connectivity index (χ1n) is 9.30. The number of amides is 3. The van der Waals surface area contributed by atoms with Crippen molar-refractivity contribution in [3.63, 3.8) is 0 Å². The van der Waals surface area contributed by atoms with Crippen LogP contribution in [0.25, 0.3) is 0 Å². The Hall–Kier alpha value is -2.89. The van der Waals surface area contributed by atoms with Crippen molar-refractivity contribution in [3.8, 4) is 0 Å². The fourth-order valence-electron chi connectivity index (χ4n) is 3.55. The molecule has 140 valence electrons. The number of carbonyl (C=O) groups excluding carboxylic acids is 3. The minimum Gasteiger partial charge on any atom is -0.459 e. The summed E-state index contributed by atoms with van der Waals surface area (Å²) in [4.78, 5) is 41.3. The van der Waals surface area contributed by atoms with Gasteiger partial charge in [-0.1, -0.05) is 26.0 Å². The molecule has 0 N–H and O–H groups in total. The number of rotatable bonds is 5. The van der Waals surface area contributed by atoms with Crippen molar-refractivity contribution in [2.45, 2.75) is 51.1 Å². The molecule has 1 saturated carbocycles. The molecule has 27 heavy (non-hydrogen) atoms. The van der Waals surface area contributed by atoms with Crippen LogP contribution in [0.15, 0.2) is 47.1 Å². The molecule has 1 aromatic heterocycles. The van der Waals surface area contributed by atoms with E-state index in [2.05, 4.69) is 13.8 Å². The largest absolute Gasteiger partial charge is 0.459 e. The van der Waals surface area contributed by atoms with E-state index in [4.69, 9.17) is 4.42 Å². The number of carbonyl (C=O) groups is 3. The number of anilines is 1. The molecule has 1 aromatic carbocycles. The van der Waals surface area contributed by atoms with Crippen LogP contribution in [-0.4, -0.2) is 34.7 Å². The molecule has 1 unspecified atom stereocenters. The van der Waals surface area contributed by atoms with Gasteiger partial charge in [0.1, 0.15) is 6.04 Å². The molecule has 1 saturated heterocycles. The van der Waals surface area contributed by atoms with E-state index in [0.717, 1.165) is 18.4 Å². The quantitative estimate of drug-likeness (QED) is 0.761. The van der Waals surface area contributed by atoms with Crippen LogP contribution in [0.5, 0.6) is 0 Å². The number of nitrogens with zero attached hydrogens (tertiary/aromatic N) is 2. The van der Waals surface area contributed by atoms with Crippen molar-refractivity contribution in [1.29, 1.82) is 0 Å². The second-order valence-electron chi connectivity index (χ2n) is 7.45. The van der Waals surface area contributed by atoms with Crippen LogP contribution in [0.3, 0.4) is 0 Å². The predicted molar refractivity (Wildman–Crippen MR) is 99.3 cm³/mol. The lowest BCUT2D eigenvalue weighted by Gasteiger charge is -2.26. The molecule has 6 heteroatoms. The summed E-state index contributed by atoms with van der Waals surface area (Å²) in [5.74, 6) is -0.384. The monoisotopic (exact) mass is 366 g/mol. The highest BCUT2D eigenvalue weighted by Gasteiger charge is 2.49. The number of imide groups is 1. The maximum atomic E-state index is 13.1. The first-order chi connectivity index (χ1) is 13.0. The van der Waals surface area contributed by atoms with E-state index >= 15 is 0 Å². The molecule has 1 aliphatic carbocycles. The smallest absolute Gasteiger partial charge is 0.290 e. The fraction of sp³-hybridized carbons (Fsp3) is 0.381. The lowest BCUT2D eigenvalue weighted by molar-refractivity contribution is -0.122. The number of hydrogen-bond donors (Lipinski definition) is 0. The van der Waals surface area contributed by atoms with E-state index < -0.39 is 6.04 Å². The van der Waals surface area contributed by atoms with Crippen molar-refractivity contribution in [2.75, 3.05) is 4.90 Å². The Morgan fingerprint density at radius 3 is 2.41 bits per heavy atom. The van der Waals surface area contributed by atoms with Gasteiger partial charge in [-0.05, 0) is 48.6 Å². The molecule has 0 radical (unpaired) electrons. The Labute approximate surface area is 157 Å². The zero-order valence-electron chi connectivity index (χ0n) is 15.4. The molecular weight excluding hydrogens is 344 g/mol. The molecule has 0 spiro atoms. The van der Waals surface area contributed by atoms with Gasteiger partial charge in [-0.3, -0.25) is 14.4 Å². The normalized spacial score (nSPS) is 19.8. The lowest BCUT2D eigenvalue weighted by atomic mass is 10.0. The van der Waals surface area contributed by atoms with Crippen LogP contribution < -0.4 is 4.90 Å². The summed E-state index contributed by atoms with van der Waals surface area (Å²) in [6.07, 6.45) is 3.12. The van der Waals surface area contributed by atoms with Crippen molar-refractivity contribution in [2.24, 2.45) is 0 Å². The number of hydrogen-bond acceptors (Lipinski definition) is 4. The Kier molecular flexibility index (Phi) is 4.34. The van der Waals surface area contributed by atoms with Crippen LogP contribution >= 0.6 is 0 Å². The summed E-state index contributed by atoms with van der Waals surface area (Å²) in [5.41, 5.74) is 1.69. The summed E-state index contributed by atoms with van der Waals surface area (Å²) >= 11 is 0. The molecule has 3 amide bonds. The van der Waals surface area contributed by atoms with Crippen LogP contribution in [0.1, 0.15) is 55.1 Å². The van der Waals surface area contributed by atoms with Crippen molar-refractivity contribution in [3.05, 3.63) is 54.0 Å². The second-order valence-corrected chi connectivity index (χ2v) is 7.45. The number of furan rings is 1. The summed E-state index contributed by atoms with van der Waals surface area (Å²) in [5, 5.41) is 0. The van der Waals surface area contributed by atoms with E-state index in [1.54, 1.807) is 29.2 Å².